The van der Waals surface area contributed by atoms with Crippen LogP contribution in [0.5, 0.6) is 5.88 Å². The minimum Gasteiger partial charge on any atom is -0.479 e. The van der Waals surface area contributed by atoms with E-state index < -0.39 is 11.2 Å². The fourth-order valence-corrected chi connectivity index (χ4v) is 5.65. The van der Waals surface area contributed by atoms with Gasteiger partial charge in [0.15, 0.2) is 5.52 Å². The van der Waals surface area contributed by atoms with Gasteiger partial charge in [0, 0.05) is 26.2 Å². The SMILES string of the molecule is CC(C)(C)OC(=O)N1CCC(n2cc3nc(Cl)[nH]c(=O)c3n2)C1.COc1nc(Cl)nc2cnn(C3CCN(C(=O)OC(C)(C)C)C3)c12. The predicted octanol–water partition coefficient (Wildman–Crippen LogP) is 4.63. The first-order valence-corrected chi connectivity index (χ1v) is 15.8. The first-order chi connectivity index (χ1) is 22.0. The number of ether oxygens (including phenoxy) is 3. The van der Waals surface area contributed by atoms with E-state index in [9.17, 15) is 14.4 Å². The molecule has 2 fully saturated rings. The summed E-state index contributed by atoms with van der Waals surface area (Å²) < 4.78 is 19.6. The van der Waals surface area contributed by atoms with Crippen molar-refractivity contribution in [2.75, 3.05) is 33.3 Å². The summed E-state index contributed by atoms with van der Waals surface area (Å²) >= 11 is 11.6. The van der Waals surface area contributed by atoms with E-state index in [1.807, 2.05) is 41.5 Å². The van der Waals surface area contributed by atoms with E-state index in [1.54, 1.807) is 31.6 Å². The fraction of sp³-hybridized carbons (Fsp3) is 0.586. The Morgan fingerprint density at radius 2 is 1.49 bits per heavy atom. The molecule has 0 aromatic carbocycles. The van der Waals surface area contributed by atoms with Crippen LogP contribution in [-0.4, -0.2) is 106 Å². The van der Waals surface area contributed by atoms with E-state index in [0.29, 0.717) is 48.6 Å². The van der Waals surface area contributed by atoms with Crippen molar-refractivity contribution in [2.24, 2.45) is 0 Å². The smallest absolute Gasteiger partial charge is 0.410 e. The van der Waals surface area contributed by atoms with Gasteiger partial charge < -0.3 is 24.0 Å². The molecular weight excluding hydrogens is 655 g/mol. The molecule has 2 unspecified atom stereocenters. The average molecular weight is 694 g/mol. The number of hydrogen-bond donors (Lipinski definition) is 1. The third kappa shape index (κ3) is 8.04. The minimum atomic E-state index is -0.524. The van der Waals surface area contributed by atoms with E-state index in [0.717, 1.165) is 12.8 Å². The Kier molecular flexibility index (Phi) is 9.55. The second-order valence-corrected chi connectivity index (χ2v) is 14.0. The van der Waals surface area contributed by atoms with Crippen LogP contribution in [-0.2, 0) is 9.47 Å². The molecule has 0 bridgehead atoms. The van der Waals surface area contributed by atoms with Crippen molar-refractivity contribution in [2.45, 2.75) is 77.7 Å². The van der Waals surface area contributed by atoms with Gasteiger partial charge in [-0.3, -0.25) is 19.1 Å². The Bertz CT molecular complexity index is 1840. The molecule has 6 rings (SSSR count). The van der Waals surface area contributed by atoms with Crippen molar-refractivity contribution < 1.29 is 23.8 Å². The number of methoxy groups -OCH3 is 1. The van der Waals surface area contributed by atoms with Crippen molar-refractivity contribution >= 4 is 57.5 Å². The molecule has 16 nitrogen and oxygen atoms in total. The number of likely N-dealkylation sites (tertiary alicyclic amines) is 2. The van der Waals surface area contributed by atoms with E-state index in [2.05, 4.69) is 30.1 Å². The van der Waals surface area contributed by atoms with Gasteiger partial charge in [0.2, 0.25) is 16.4 Å². The van der Waals surface area contributed by atoms with Crippen LogP contribution >= 0.6 is 23.2 Å². The van der Waals surface area contributed by atoms with Gasteiger partial charge in [-0.25, -0.2) is 19.6 Å². The molecule has 2 atom stereocenters. The lowest BCUT2D eigenvalue weighted by Gasteiger charge is -2.24. The number of rotatable bonds is 3. The molecule has 1 N–H and O–H groups in total. The number of H-pyrrole nitrogens is 1. The molecule has 4 aromatic heterocycles. The van der Waals surface area contributed by atoms with Gasteiger partial charge in [0.25, 0.3) is 5.56 Å². The molecule has 0 radical (unpaired) electrons. The zero-order valence-corrected chi connectivity index (χ0v) is 28.8. The van der Waals surface area contributed by atoms with Crippen molar-refractivity contribution in [1.82, 2.24) is 49.3 Å². The van der Waals surface area contributed by atoms with Crippen LogP contribution in [0.15, 0.2) is 17.2 Å². The lowest BCUT2D eigenvalue weighted by atomic mass is 10.2. The zero-order chi connectivity index (χ0) is 34.3. The number of fused-ring (bicyclic) bond motifs is 2. The highest BCUT2D eigenvalue weighted by molar-refractivity contribution is 6.28. The third-order valence-corrected chi connectivity index (χ3v) is 7.64. The summed E-state index contributed by atoms with van der Waals surface area (Å²) in [5.41, 5.74) is 0.561. The number of nitrogens with one attached hydrogen (secondary N) is 1. The number of nitrogens with zero attached hydrogens (tertiary/aromatic N) is 9. The second-order valence-electron chi connectivity index (χ2n) is 13.3. The van der Waals surface area contributed by atoms with Crippen LogP contribution < -0.4 is 10.3 Å². The van der Waals surface area contributed by atoms with Crippen LogP contribution in [0, 0.1) is 0 Å². The van der Waals surface area contributed by atoms with Gasteiger partial charge >= 0.3 is 12.2 Å². The molecule has 2 aliphatic rings. The van der Waals surface area contributed by atoms with Crippen LogP contribution in [0.2, 0.25) is 10.6 Å². The highest BCUT2D eigenvalue weighted by Crippen LogP contribution is 2.31. The summed E-state index contributed by atoms with van der Waals surface area (Å²) in [7, 11) is 1.52. The molecule has 0 saturated carbocycles. The fourth-order valence-electron chi connectivity index (χ4n) is 5.31. The lowest BCUT2D eigenvalue weighted by Crippen LogP contribution is -2.35. The van der Waals surface area contributed by atoms with Crippen LogP contribution in [0.1, 0.15) is 66.5 Å². The summed E-state index contributed by atoms with van der Waals surface area (Å²) in [5.74, 6) is 0.373. The highest BCUT2D eigenvalue weighted by atomic mass is 35.5. The summed E-state index contributed by atoms with van der Waals surface area (Å²) in [6.07, 6.45) is 4.16. The van der Waals surface area contributed by atoms with Crippen molar-refractivity contribution in [3.63, 3.8) is 0 Å². The van der Waals surface area contributed by atoms with E-state index in [-0.39, 0.29) is 45.9 Å². The summed E-state index contributed by atoms with van der Waals surface area (Å²) in [6.45, 7) is 13.2. The standard InChI is InChI=1S/C15H20ClN5O3.C14H18ClN5O3/c1-15(2,3)24-14(22)20-6-5-9(8-20)21-11-10(7-17-21)18-13(16)19-12(11)23-4;1-14(2,3)23-13(22)19-5-4-8(6-19)20-7-9-10(18-20)11(21)17-12(15)16-9/h7,9H,5-6,8H2,1-4H3;7-8H,4-6H2,1-3H3,(H,16,17,21). The molecule has 2 saturated heterocycles. The number of hydrogen-bond acceptors (Lipinski definition) is 11. The molecule has 18 heteroatoms. The molecule has 47 heavy (non-hydrogen) atoms. The molecular formula is C29H38Cl2N10O6. The Hall–Kier alpha value is -4.18. The van der Waals surface area contributed by atoms with Gasteiger partial charge in [-0.2, -0.15) is 15.2 Å². The molecule has 2 aliphatic heterocycles. The maximum atomic E-state index is 12.2. The quantitative estimate of drug-likeness (QED) is 0.296. The number of carbonyl (C=O) groups excluding carboxylic acids is 2. The molecule has 254 valence electrons. The second kappa shape index (κ2) is 13.1. The van der Waals surface area contributed by atoms with E-state index >= 15 is 0 Å². The third-order valence-electron chi connectivity index (χ3n) is 7.29. The lowest BCUT2D eigenvalue weighted by molar-refractivity contribution is 0.0278. The van der Waals surface area contributed by atoms with Crippen molar-refractivity contribution in [1.29, 1.82) is 0 Å². The predicted molar refractivity (Wildman–Crippen MR) is 173 cm³/mol. The molecule has 4 aromatic rings. The maximum absolute atomic E-state index is 12.2. The Labute approximate surface area is 280 Å². The molecule has 0 spiro atoms. The van der Waals surface area contributed by atoms with Gasteiger partial charge in [-0.1, -0.05) is 0 Å². The van der Waals surface area contributed by atoms with Gasteiger partial charge in [0.1, 0.15) is 27.8 Å². The van der Waals surface area contributed by atoms with Crippen LogP contribution in [0.3, 0.4) is 0 Å². The minimum absolute atomic E-state index is 0.00805. The summed E-state index contributed by atoms with van der Waals surface area (Å²) in [6, 6.07) is -0.0106. The normalized spacial score (nSPS) is 18.4. The average Bonchev–Trinajstić information content (AvgIpc) is 3.76. The van der Waals surface area contributed by atoms with Crippen LogP contribution in [0.4, 0.5) is 9.59 Å². The summed E-state index contributed by atoms with van der Waals surface area (Å²) in [4.78, 5) is 54.2. The first-order valence-electron chi connectivity index (χ1n) is 15.1. The number of amides is 2. The number of halogens is 2. The van der Waals surface area contributed by atoms with Crippen molar-refractivity contribution in [3.05, 3.63) is 33.3 Å². The Morgan fingerprint density at radius 1 is 0.894 bits per heavy atom. The largest absolute Gasteiger partial charge is 0.479 e. The molecule has 2 amide bonds. The van der Waals surface area contributed by atoms with Crippen molar-refractivity contribution in [3.8, 4) is 5.88 Å². The van der Waals surface area contributed by atoms with Crippen LogP contribution in [0.25, 0.3) is 22.1 Å². The molecule has 0 aliphatic carbocycles. The van der Waals surface area contributed by atoms with Gasteiger partial charge in [-0.15, -0.1) is 0 Å². The summed E-state index contributed by atoms with van der Waals surface area (Å²) in [5, 5.41) is 8.81. The first kappa shape index (κ1) is 34.2. The van der Waals surface area contributed by atoms with Gasteiger partial charge in [-0.05, 0) is 77.6 Å². The topological polar surface area (TPSA) is 175 Å². The van der Waals surface area contributed by atoms with Gasteiger partial charge in [0.05, 0.1) is 31.6 Å². The highest BCUT2D eigenvalue weighted by Gasteiger charge is 2.33. The number of aromatic nitrogens is 8. The number of aromatic amines is 1. The Morgan fingerprint density at radius 3 is 2.09 bits per heavy atom. The van der Waals surface area contributed by atoms with E-state index in [1.165, 1.54) is 7.11 Å². The monoisotopic (exact) mass is 692 g/mol. The van der Waals surface area contributed by atoms with E-state index in [4.69, 9.17) is 37.4 Å². The number of carbonyl (C=O) groups is 2. The molecule has 6 heterocycles. The zero-order valence-electron chi connectivity index (χ0n) is 27.3. The Balaban J connectivity index is 0.000000185. The maximum Gasteiger partial charge on any atom is 0.410 e.